The molecular formula is C15H17BrO4. The molecule has 6 aliphatic carbocycles. The van der Waals surface area contributed by atoms with E-state index in [9.17, 15) is 0 Å². The summed E-state index contributed by atoms with van der Waals surface area (Å²) < 4.78 is 25.1. The van der Waals surface area contributed by atoms with Gasteiger partial charge in [-0.25, -0.2) is 0 Å². The zero-order valence-corrected chi connectivity index (χ0v) is 12.9. The zero-order valence-electron chi connectivity index (χ0n) is 11.3. The van der Waals surface area contributed by atoms with Gasteiger partial charge in [-0.15, -0.1) is 0 Å². The van der Waals surface area contributed by atoms with E-state index in [1.54, 1.807) is 0 Å². The van der Waals surface area contributed by atoms with Gasteiger partial charge in [0.05, 0.1) is 30.8 Å². The van der Waals surface area contributed by atoms with Crippen molar-refractivity contribution in [3.8, 4) is 0 Å². The van der Waals surface area contributed by atoms with Crippen LogP contribution in [0, 0.1) is 40.9 Å². The minimum absolute atomic E-state index is 0.0412. The van der Waals surface area contributed by atoms with Crippen LogP contribution >= 0.6 is 15.9 Å². The maximum atomic E-state index is 6.28. The molecule has 5 heteroatoms. The molecule has 4 bridgehead atoms. The Morgan fingerprint density at radius 1 is 0.700 bits per heavy atom. The summed E-state index contributed by atoms with van der Waals surface area (Å²) in [5.74, 6) is 2.94. The summed E-state index contributed by atoms with van der Waals surface area (Å²) >= 11 is 4.12. The lowest BCUT2D eigenvalue weighted by molar-refractivity contribution is -0.289. The van der Waals surface area contributed by atoms with Crippen LogP contribution in [0.1, 0.15) is 6.92 Å². The van der Waals surface area contributed by atoms with Gasteiger partial charge in [0, 0.05) is 17.3 Å². The van der Waals surface area contributed by atoms with Crippen molar-refractivity contribution < 1.29 is 18.9 Å². The Hall–Kier alpha value is 0.320. The third kappa shape index (κ3) is 0.592. The van der Waals surface area contributed by atoms with Crippen LogP contribution in [-0.2, 0) is 18.9 Å². The first-order chi connectivity index (χ1) is 9.65. The number of alkyl halides is 1. The van der Waals surface area contributed by atoms with Gasteiger partial charge in [0.1, 0.15) is 0 Å². The highest BCUT2D eigenvalue weighted by Gasteiger charge is 3.07. The number of ether oxygens (including phenoxy) is 4. The minimum atomic E-state index is -0.384. The predicted molar refractivity (Wildman–Crippen MR) is 70.0 cm³/mol. The largest absolute Gasteiger partial charge is 0.347 e. The first-order valence-electron chi connectivity index (χ1n) is 7.89. The van der Waals surface area contributed by atoms with E-state index in [4.69, 9.17) is 18.9 Å². The number of hydrogen-bond acceptors (Lipinski definition) is 4. The van der Waals surface area contributed by atoms with Crippen molar-refractivity contribution in [3.63, 3.8) is 0 Å². The summed E-state index contributed by atoms with van der Waals surface area (Å²) in [4.78, 5) is 0. The van der Waals surface area contributed by atoms with Crippen molar-refractivity contribution in [1.82, 2.24) is 0 Å². The molecule has 0 unspecified atom stereocenters. The Kier molecular flexibility index (Phi) is 1.40. The van der Waals surface area contributed by atoms with Gasteiger partial charge in [0.15, 0.2) is 11.6 Å². The Morgan fingerprint density at radius 2 is 1.15 bits per heavy atom. The summed E-state index contributed by atoms with van der Waals surface area (Å²) in [7, 11) is 0. The van der Waals surface area contributed by atoms with Crippen molar-refractivity contribution in [2.24, 2.45) is 40.9 Å². The van der Waals surface area contributed by atoms with Gasteiger partial charge in [0.2, 0.25) is 0 Å². The van der Waals surface area contributed by atoms with Crippen LogP contribution in [0.3, 0.4) is 0 Å². The monoisotopic (exact) mass is 340 g/mol. The number of halogens is 1. The van der Waals surface area contributed by atoms with Gasteiger partial charge in [-0.05, 0) is 23.7 Å². The van der Waals surface area contributed by atoms with Crippen LogP contribution in [-0.4, -0.2) is 42.3 Å². The second-order valence-corrected chi connectivity index (χ2v) is 9.25. The maximum Gasteiger partial charge on any atom is 0.187 e. The second kappa shape index (κ2) is 2.56. The third-order valence-electron chi connectivity index (χ3n) is 8.27. The van der Waals surface area contributed by atoms with Crippen LogP contribution in [0.5, 0.6) is 0 Å². The fourth-order valence-corrected chi connectivity index (χ4v) is 9.98. The summed E-state index contributed by atoms with van der Waals surface area (Å²) in [5, 5.41) is 0. The van der Waals surface area contributed by atoms with E-state index >= 15 is 0 Å². The zero-order chi connectivity index (χ0) is 13.1. The van der Waals surface area contributed by atoms with Gasteiger partial charge in [-0.3, -0.25) is 0 Å². The van der Waals surface area contributed by atoms with Crippen molar-refractivity contribution >= 4 is 15.9 Å². The van der Waals surface area contributed by atoms with Crippen molar-refractivity contribution in [2.45, 2.75) is 22.8 Å². The normalized spacial score (nSPS) is 71.1. The van der Waals surface area contributed by atoms with E-state index < -0.39 is 0 Å². The molecule has 0 radical (unpaired) electrons. The Morgan fingerprint density at radius 3 is 1.75 bits per heavy atom. The second-order valence-electron chi connectivity index (χ2n) is 7.93. The maximum absolute atomic E-state index is 6.28. The molecule has 2 spiro atoms. The van der Waals surface area contributed by atoms with E-state index in [0.29, 0.717) is 29.6 Å². The lowest BCUT2D eigenvalue weighted by Crippen LogP contribution is -2.74. The predicted octanol–water partition coefficient (Wildman–Crippen LogP) is 1.38. The Balaban J connectivity index is 1.53. The molecule has 2 aliphatic heterocycles. The van der Waals surface area contributed by atoms with E-state index in [2.05, 4.69) is 22.9 Å². The molecule has 6 saturated carbocycles. The highest BCUT2D eigenvalue weighted by molar-refractivity contribution is 9.10. The van der Waals surface area contributed by atoms with Crippen molar-refractivity contribution in [1.29, 1.82) is 0 Å². The standard InChI is InChI=1S/C15H17BrO4/c1-12-6-8-7(12)10-11(14(12)17-2-3-18-14)9(6)13(8,16)15(10)19-4-5-20-15/h6-11H,2-5H2,1H3/t6-,7+,8+,9+,10+,11+,12+,13-/m0/s1. The number of rotatable bonds is 0. The van der Waals surface area contributed by atoms with Crippen LogP contribution in [0.2, 0.25) is 0 Å². The van der Waals surface area contributed by atoms with Crippen molar-refractivity contribution in [3.05, 3.63) is 0 Å². The molecular weight excluding hydrogens is 324 g/mol. The molecule has 8 fully saturated rings. The first kappa shape index (κ1) is 10.9. The quantitative estimate of drug-likeness (QED) is 0.624. The summed E-state index contributed by atoms with van der Waals surface area (Å²) in [6, 6.07) is 0. The lowest BCUT2D eigenvalue weighted by Gasteiger charge is -2.71. The molecule has 0 aromatic carbocycles. The molecule has 2 saturated heterocycles. The lowest BCUT2D eigenvalue weighted by atomic mass is 9.35. The topological polar surface area (TPSA) is 36.9 Å². The SMILES string of the molecule is C[C@]12[C@H]3[C@@H]4[C@@H]([C@H]5[C@@H]1[C@H]3[C@@]5(Br)C41OCCO1)C21OCCO1. The van der Waals surface area contributed by atoms with Crippen LogP contribution in [0.25, 0.3) is 0 Å². The van der Waals surface area contributed by atoms with E-state index in [-0.39, 0.29) is 21.3 Å². The molecule has 8 atom stereocenters. The molecule has 2 heterocycles. The fourth-order valence-electron chi connectivity index (χ4n) is 8.35. The Labute approximate surface area is 125 Å². The molecule has 8 rings (SSSR count). The molecule has 0 amide bonds. The minimum Gasteiger partial charge on any atom is -0.347 e. The van der Waals surface area contributed by atoms with E-state index in [1.165, 1.54) is 0 Å². The highest BCUT2D eigenvalue weighted by Crippen LogP contribution is 3.00. The molecule has 8 aliphatic rings. The van der Waals surface area contributed by atoms with Gasteiger partial charge in [0.25, 0.3) is 0 Å². The summed E-state index contributed by atoms with van der Waals surface area (Å²) in [6.45, 7) is 5.38. The van der Waals surface area contributed by atoms with Gasteiger partial charge < -0.3 is 18.9 Å². The smallest absolute Gasteiger partial charge is 0.187 e. The first-order valence-corrected chi connectivity index (χ1v) is 8.69. The van der Waals surface area contributed by atoms with Crippen molar-refractivity contribution in [2.75, 3.05) is 26.4 Å². The summed E-state index contributed by atoms with van der Waals surface area (Å²) in [6.07, 6.45) is 0. The molecule has 0 aromatic rings. The molecule has 108 valence electrons. The summed E-state index contributed by atoms with van der Waals surface area (Å²) in [5.41, 5.74) is 0.199. The molecule has 0 N–H and O–H groups in total. The van der Waals surface area contributed by atoms with E-state index in [0.717, 1.165) is 32.3 Å². The van der Waals surface area contributed by atoms with Crippen LogP contribution in [0.15, 0.2) is 0 Å². The average Bonchev–Trinajstić information content (AvgIpc) is 3.19. The number of hydrogen-bond donors (Lipinski definition) is 0. The highest BCUT2D eigenvalue weighted by atomic mass is 79.9. The molecule has 20 heavy (non-hydrogen) atoms. The average molecular weight is 341 g/mol. The third-order valence-corrected chi connectivity index (χ3v) is 9.88. The van der Waals surface area contributed by atoms with Crippen LogP contribution < -0.4 is 0 Å². The molecule has 0 aromatic heterocycles. The Bertz CT molecular complexity index is 518. The van der Waals surface area contributed by atoms with Crippen LogP contribution in [0.4, 0.5) is 0 Å². The van der Waals surface area contributed by atoms with Gasteiger partial charge in [-0.1, -0.05) is 22.9 Å². The van der Waals surface area contributed by atoms with Gasteiger partial charge >= 0.3 is 0 Å². The van der Waals surface area contributed by atoms with E-state index in [1.807, 2.05) is 0 Å². The molecule has 4 nitrogen and oxygen atoms in total. The fraction of sp³-hybridized carbons (Fsp3) is 1.00. The van der Waals surface area contributed by atoms with Gasteiger partial charge in [-0.2, -0.15) is 0 Å².